The third-order valence-electron chi connectivity index (χ3n) is 4.53. The summed E-state index contributed by atoms with van der Waals surface area (Å²) in [4.78, 5) is 19.3. The monoisotopic (exact) mass is 373 g/mol. The summed E-state index contributed by atoms with van der Waals surface area (Å²) in [5.74, 6) is -2.30. The van der Waals surface area contributed by atoms with Crippen LogP contribution in [0, 0.1) is 17.6 Å². The second-order valence-electron chi connectivity index (χ2n) is 6.37. The van der Waals surface area contributed by atoms with Crippen molar-refractivity contribution in [3.8, 4) is 0 Å². The average molecular weight is 373 g/mol. The van der Waals surface area contributed by atoms with Gasteiger partial charge in [0.15, 0.2) is 16.8 Å². The molecule has 7 heteroatoms. The summed E-state index contributed by atoms with van der Waals surface area (Å²) < 4.78 is 27.5. The number of fused-ring (bicyclic) bond motifs is 1. The number of aromatic nitrogens is 1. The van der Waals surface area contributed by atoms with E-state index < -0.39 is 11.6 Å². The van der Waals surface area contributed by atoms with E-state index in [1.54, 1.807) is 11.3 Å². The standard InChI is InChI=1S/C19H17F2N3OS/c20-14-8-7-13(10-15(14)21)22-18(25)12-4-3-9-24(11-12)19-23-16-5-1-2-6-17(16)26-19/h1-2,5-8,10,12H,3-4,9,11H2,(H,22,25). The number of amides is 1. The highest BCUT2D eigenvalue weighted by Crippen LogP contribution is 2.31. The summed E-state index contributed by atoms with van der Waals surface area (Å²) in [6.07, 6.45) is 1.64. The summed E-state index contributed by atoms with van der Waals surface area (Å²) in [6.45, 7) is 1.42. The zero-order valence-corrected chi connectivity index (χ0v) is 14.7. The molecule has 1 saturated heterocycles. The largest absolute Gasteiger partial charge is 0.347 e. The van der Waals surface area contributed by atoms with Gasteiger partial charge in [-0.15, -0.1) is 0 Å². The second kappa shape index (κ2) is 6.99. The second-order valence-corrected chi connectivity index (χ2v) is 7.38. The Morgan fingerprint density at radius 2 is 2.04 bits per heavy atom. The number of piperidine rings is 1. The predicted octanol–water partition coefficient (Wildman–Crippen LogP) is 4.43. The quantitative estimate of drug-likeness (QED) is 0.739. The highest BCUT2D eigenvalue weighted by molar-refractivity contribution is 7.22. The van der Waals surface area contributed by atoms with E-state index in [9.17, 15) is 13.6 Å². The number of hydrogen-bond acceptors (Lipinski definition) is 4. The molecule has 2 aromatic carbocycles. The van der Waals surface area contributed by atoms with Crippen LogP contribution in [0.5, 0.6) is 0 Å². The minimum Gasteiger partial charge on any atom is -0.347 e. The Labute approximate surface area is 153 Å². The number of benzene rings is 2. The fourth-order valence-corrected chi connectivity index (χ4v) is 4.18. The van der Waals surface area contributed by atoms with Crippen LogP contribution in [-0.4, -0.2) is 24.0 Å². The molecule has 4 nitrogen and oxygen atoms in total. The lowest BCUT2D eigenvalue weighted by Gasteiger charge is -2.31. The van der Waals surface area contributed by atoms with Crippen molar-refractivity contribution in [3.05, 3.63) is 54.1 Å². The summed E-state index contributed by atoms with van der Waals surface area (Å²) in [5, 5.41) is 3.60. The molecule has 1 fully saturated rings. The molecule has 1 aliphatic rings. The lowest BCUT2D eigenvalue weighted by Crippen LogP contribution is -2.40. The minimum absolute atomic E-state index is 0.179. The molecule has 1 unspecified atom stereocenters. The van der Waals surface area contributed by atoms with Gasteiger partial charge in [0.1, 0.15) is 0 Å². The number of hydrogen-bond donors (Lipinski definition) is 1. The van der Waals surface area contributed by atoms with Crippen LogP contribution >= 0.6 is 11.3 Å². The van der Waals surface area contributed by atoms with Crippen molar-refractivity contribution in [2.45, 2.75) is 12.8 Å². The van der Waals surface area contributed by atoms with E-state index in [0.717, 1.165) is 46.9 Å². The summed E-state index contributed by atoms with van der Waals surface area (Å²) in [6, 6.07) is 11.3. The van der Waals surface area contributed by atoms with Gasteiger partial charge in [0.2, 0.25) is 5.91 Å². The Bertz CT molecular complexity index is 926. The first-order valence-corrected chi connectivity index (χ1v) is 9.28. The molecule has 3 aromatic rings. The number of halogens is 2. The Kier molecular flexibility index (Phi) is 4.55. The van der Waals surface area contributed by atoms with Gasteiger partial charge in [0.05, 0.1) is 16.1 Å². The first-order valence-electron chi connectivity index (χ1n) is 8.46. The molecule has 1 aromatic heterocycles. The van der Waals surface area contributed by atoms with Gasteiger partial charge in [0, 0.05) is 24.8 Å². The van der Waals surface area contributed by atoms with Crippen molar-refractivity contribution in [1.82, 2.24) is 4.98 Å². The van der Waals surface area contributed by atoms with Gasteiger partial charge in [-0.1, -0.05) is 23.5 Å². The molecular weight excluding hydrogens is 356 g/mol. The molecule has 1 aliphatic heterocycles. The fraction of sp³-hybridized carbons (Fsp3) is 0.263. The SMILES string of the molecule is O=C(Nc1ccc(F)c(F)c1)C1CCCN(c2nc3ccccc3s2)C1. The highest BCUT2D eigenvalue weighted by Gasteiger charge is 2.27. The van der Waals surface area contributed by atoms with Crippen LogP contribution in [0.4, 0.5) is 19.6 Å². The van der Waals surface area contributed by atoms with E-state index in [-0.39, 0.29) is 17.5 Å². The van der Waals surface area contributed by atoms with Crippen molar-refractivity contribution in [2.75, 3.05) is 23.3 Å². The maximum absolute atomic E-state index is 13.3. The molecule has 0 radical (unpaired) electrons. The Balaban J connectivity index is 1.47. The molecule has 1 atom stereocenters. The molecular formula is C19H17F2N3OS. The number of anilines is 2. The Morgan fingerprint density at radius 1 is 1.19 bits per heavy atom. The maximum Gasteiger partial charge on any atom is 0.229 e. The van der Waals surface area contributed by atoms with Crippen molar-refractivity contribution < 1.29 is 13.6 Å². The normalized spacial score (nSPS) is 17.5. The molecule has 0 saturated carbocycles. The maximum atomic E-state index is 13.3. The Hall–Kier alpha value is -2.54. The average Bonchev–Trinajstić information content (AvgIpc) is 3.09. The highest BCUT2D eigenvalue weighted by atomic mass is 32.1. The fourth-order valence-electron chi connectivity index (χ4n) is 3.18. The number of rotatable bonds is 3. The van der Waals surface area contributed by atoms with Crippen LogP contribution < -0.4 is 10.2 Å². The van der Waals surface area contributed by atoms with Gasteiger partial charge < -0.3 is 10.2 Å². The van der Waals surface area contributed by atoms with Crippen LogP contribution in [0.2, 0.25) is 0 Å². The Morgan fingerprint density at radius 3 is 2.85 bits per heavy atom. The van der Waals surface area contributed by atoms with E-state index in [1.807, 2.05) is 24.3 Å². The van der Waals surface area contributed by atoms with Gasteiger partial charge in [-0.3, -0.25) is 4.79 Å². The zero-order valence-electron chi connectivity index (χ0n) is 13.9. The number of para-hydroxylation sites is 1. The third kappa shape index (κ3) is 3.39. The van der Waals surface area contributed by atoms with E-state index in [2.05, 4.69) is 15.2 Å². The first-order chi connectivity index (χ1) is 12.6. The molecule has 1 amide bonds. The van der Waals surface area contributed by atoms with Crippen molar-refractivity contribution >= 4 is 38.3 Å². The lowest BCUT2D eigenvalue weighted by molar-refractivity contribution is -0.120. The van der Waals surface area contributed by atoms with Gasteiger partial charge in [-0.05, 0) is 37.1 Å². The van der Waals surface area contributed by atoms with Crippen molar-refractivity contribution in [3.63, 3.8) is 0 Å². The molecule has 1 N–H and O–H groups in total. The van der Waals surface area contributed by atoms with Gasteiger partial charge in [-0.2, -0.15) is 0 Å². The van der Waals surface area contributed by atoms with E-state index in [4.69, 9.17) is 0 Å². The van der Waals surface area contributed by atoms with Gasteiger partial charge >= 0.3 is 0 Å². The smallest absolute Gasteiger partial charge is 0.229 e. The van der Waals surface area contributed by atoms with Crippen LogP contribution in [0.1, 0.15) is 12.8 Å². The van der Waals surface area contributed by atoms with Crippen LogP contribution in [0.15, 0.2) is 42.5 Å². The van der Waals surface area contributed by atoms with Crippen molar-refractivity contribution in [2.24, 2.45) is 5.92 Å². The molecule has 26 heavy (non-hydrogen) atoms. The lowest BCUT2D eigenvalue weighted by atomic mass is 9.97. The summed E-state index contributed by atoms with van der Waals surface area (Å²) >= 11 is 1.62. The molecule has 0 aliphatic carbocycles. The summed E-state index contributed by atoms with van der Waals surface area (Å²) in [5.41, 5.74) is 1.23. The topological polar surface area (TPSA) is 45.2 Å². The number of nitrogens with zero attached hydrogens (tertiary/aromatic N) is 2. The molecule has 2 heterocycles. The summed E-state index contributed by atoms with van der Waals surface area (Å²) in [7, 11) is 0. The van der Waals surface area contributed by atoms with E-state index >= 15 is 0 Å². The number of carbonyl (C=O) groups is 1. The van der Waals surface area contributed by atoms with Gasteiger partial charge in [-0.25, -0.2) is 13.8 Å². The van der Waals surface area contributed by atoms with Crippen LogP contribution in [-0.2, 0) is 4.79 Å². The first kappa shape index (κ1) is 16.9. The van der Waals surface area contributed by atoms with E-state index in [1.165, 1.54) is 6.07 Å². The zero-order chi connectivity index (χ0) is 18.1. The molecule has 0 spiro atoms. The van der Waals surface area contributed by atoms with Crippen molar-refractivity contribution in [1.29, 1.82) is 0 Å². The van der Waals surface area contributed by atoms with E-state index in [0.29, 0.717) is 6.54 Å². The number of carbonyl (C=O) groups excluding carboxylic acids is 1. The molecule has 134 valence electrons. The van der Waals surface area contributed by atoms with Gasteiger partial charge in [0.25, 0.3) is 0 Å². The minimum atomic E-state index is -0.970. The van der Waals surface area contributed by atoms with Crippen LogP contribution in [0.3, 0.4) is 0 Å². The third-order valence-corrected chi connectivity index (χ3v) is 5.63. The predicted molar refractivity (Wildman–Crippen MR) is 99.5 cm³/mol. The number of thiazole rings is 1. The molecule has 4 rings (SSSR count). The van der Waals surface area contributed by atoms with Crippen LogP contribution in [0.25, 0.3) is 10.2 Å². The molecule has 0 bridgehead atoms. The number of nitrogens with one attached hydrogen (secondary N) is 1.